The van der Waals surface area contributed by atoms with Gasteiger partial charge in [-0.05, 0) is 6.07 Å². The van der Waals surface area contributed by atoms with Crippen molar-refractivity contribution in [3.63, 3.8) is 0 Å². The number of methoxy groups -OCH3 is 3. The van der Waals surface area contributed by atoms with Gasteiger partial charge in [0.2, 0.25) is 5.71 Å². The maximum atomic E-state index is 12.1. The molecule has 1 aliphatic rings. The summed E-state index contributed by atoms with van der Waals surface area (Å²) in [5.74, 6) is -2.65. The van der Waals surface area contributed by atoms with Crippen molar-refractivity contribution in [3.05, 3.63) is 23.6 Å². The Labute approximate surface area is 124 Å². The van der Waals surface area contributed by atoms with E-state index in [1.54, 1.807) is 6.07 Å². The van der Waals surface area contributed by atoms with Crippen molar-refractivity contribution in [1.82, 2.24) is 4.98 Å². The van der Waals surface area contributed by atoms with Gasteiger partial charge in [-0.1, -0.05) is 0 Å². The molecule has 0 amide bonds. The SMILES string of the molecule is COC(=O)CC1(OC)OC(=O)c2nc3occc3c(OC)c21. The van der Waals surface area contributed by atoms with Crippen LogP contribution >= 0.6 is 0 Å². The molecule has 1 atom stereocenters. The van der Waals surface area contributed by atoms with Crippen molar-refractivity contribution in [2.24, 2.45) is 0 Å². The molecule has 0 saturated carbocycles. The van der Waals surface area contributed by atoms with Crippen molar-refractivity contribution in [2.75, 3.05) is 21.3 Å². The van der Waals surface area contributed by atoms with E-state index in [-0.39, 0.29) is 23.4 Å². The van der Waals surface area contributed by atoms with E-state index in [0.29, 0.717) is 11.1 Å². The van der Waals surface area contributed by atoms with Gasteiger partial charge in [0.15, 0.2) is 5.69 Å². The molecule has 0 radical (unpaired) electrons. The number of rotatable bonds is 4. The third-order valence-corrected chi connectivity index (χ3v) is 3.54. The van der Waals surface area contributed by atoms with Crippen LogP contribution in [0.5, 0.6) is 5.75 Å². The van der Waals surface area contributed by atoms with Crippen LogP contribution in [0.15, 0.2) is 16.7 Å². The topological polar surface area (TPSA) is 97.1 Å². The number of carbonyl (C=O) groups excluding carboxylic acids is 2. The van der Waals surface area contributed by atoms with E-state index in [0.717, 1.165) is 0 Å². The first-order valence-corrected chi connectivity index (χ1v) is 6.37. The van der Waals surface area contributed by atoms with Gasteiger partial charge in [0.25, 0.3) is 5.79 Å². The second kappa shape index (κ2) is 4.99. The number of hydrogen-bond acceptors (Lipinski definition) is 8. The maximum Gasteiger partial charge on any atom is 0.360 e. The first-order valence-electron chi connectivity index (χ1n) is 6.37. The van der Waals surface area contributed by atoms with Crippen LogP contribution in [0.2, 0.25) is 0 Å². The van der Waals surface area contributed by atoms with Gasteiger partial charge >= 0.3 is 11.9 Å². The summed E-state index contributed by atoms with van der Waals surface area (Å²) in [6, 6.07) is 1.64. The molecule has 116 valence electrons. The molecule has 22 heavy (non-hydrogen) atoms. The van der Waals surface area contributed by atoms with Gasteiger partial charge in [0, 0.05) is 7.11 Å². The van der Waals surface area contributed by atoms with E-state index in [9.17, 15) is 9.59 Å². The molecule has 0 N–H and O–H groups in total. The minimum absolute atomic E-state index is 0.00921. The molecule has 2 aromatic rings. The summed E-state index contributed by atoms with van der Waals surface area (Å²) in [7, 11) is 3.99. The Bertz CT molecular complexity index is 766. The largest absolute Gasteiger partial charge is 0.495 e. The molecule has 0 aliphatic carbocycles. The number of carbonyl (C=O) groups is 2. The first-order chi connectivity index (χ1) is 10.6. The highest BCUT2D eigenvalue weighted by atomic mass is 16.7. The zero-order chi connectivity index (χ0) is 15.9. The fraction of sp³-hybridized carbons (Fsp3) is 0.357. The molecular weight excluding hydrogens is 294 g/mol. The summed E-state index contributed by atoms with van der Waals surface area (Å²) >= 11 is 0. The third-order valence-electron chi connectivity index (χ3n) is 3.54. The first kappa shape index (κ1) is 14.3. The van der Waals surface area contributed by atoms with Gasteiger partial charge in [0.1, 0.15) is 17.7 Å². The van der Waals surface area contributed by atoms with Gasteiger partial charge < -0.3 is 23.4 Å². The van der Waals surface area contributed by atoms with Crippen LogP contribution in [0.1, 0.15) is 22.5 Å². The highest BCUT2D eigenvalue weighted by Crippen LogP contribution is 2.47. The number of pyridine rings is 1. The smallest absolute Gasteiger partial charge is 0.360 e. The predicted octanol–water partition coefficient (Wildman–Crippen LogP) is 1.37. The van der Waals surface area contributed by atoms with Crippen LogP contribution in [-0.2, 0) is 24.8 Å². The molecular formula is C14H13NO7. The van der Waals surface area contributed by atoms with Gasteiger partial charge in [0.05, 0.1) is 25.9 Å². The minimum Gasteiger partial charge on any atom is -0.495 e. The van der Waals surface area contributed by atoms with Crippen molar-refractivity contribution >= 4 is 23.0 Å². The molecule has 3 rings (SSSR count). The van der Waals surface area contributed by atoms with Gasteiger partial charge in [-0.15, -0.1) is 0 Å². The Morgan fingerprint density at radius 1 is 1.36 bits per heavy atom. The fourth-order valence-electron chi connectivity index (χ4n) is 2.53. The van der Waals surface area contributed by atoms with Gasteiger partial charge in [-0.3, -0.25) is 4.79 Å². The molecule has 3 heterocycles. The lowest BCUT2D eigenvalue weighted by atomic mass is 10.00. The number of aromatic nitrogens is 1. The van der Waals surface area contributed by atoms with Crippen molar-refractivity contribution in [2.45, 2.75) is 12.2 Å². The lowest BCUT2D eigenvalue weighted by molar-refractivity contribution is -0.200. The molecule has 8 heteroatoms. The van der Waals surface area contributed by atoms with Crippen LogP contribution in [0, 0.1) is 0 Å². The van der Waals surface area contributed by atoms with E-state index >= 15 is 0 Å². The highest BCUT2D eigenvalue weighted by molar-refractivity contribution is 5.98. The molecule has 0 fully saturated rings. The highest BCUT2D eigenvalue weighted by Gasteiger charge is 2.52. The summed E-state index contributed by atoms with van der Waals surface area (Å²) in [5.41, 5.74) is 0.476. The zero-order valence-electron chi connectivity index (χ0n) is 12.2. The lowest BCUT2D eigenvalue weighted by Gasteiger charge is -2.26. The summed E-state index contributed by atoms with van der Waals surface area (Å²) in [4.78, 5) is 27.9. The Morgan fingerprint density at radius 2 is 2.14 bits per heavy atom. The number of ether oxygens (including phenoxy) is 4. The Hall–Kier alpha value is -2.61. The second-order valence-corrected chi connectivity index (χ2v) is 4.61. The Balaban J connectivity index is 2.28. The standard InChI is InChI=1S/C14H13NO7/c1-18-8(16)6-14(20-3)9-10(13(17)22-14)15-12-7(4-5-21-12)11(9)19-2/h4-5H,6H2,1-3H3. The Kier molecular flexibility index (Phi) is 3.25. The number of nitrogens with zero attached hydrogens (tertiary/aromatic N) is 1. The molecule has 0 saturated heterocycles. The summed E-state index contributed by atoms with van der Waals surface area (Å²) in [6.45, 7) is 0. The van der Waals surface area contributed by atoms with E-state index < -0.39 is 17.7 Å². The monoisotopic (exact) mass is 307 g/mol. The van der Waals surface area contributed by atoms with Crippen molar-refractivity contribution in [1.29, 1.82) is 0 Å². The van der Waals surface area contributed by atoms with Gasteiger partial charge in [-0.25, -0.2) is 9.78 Å². The lowest BCUT2D eigenvalue weighted by Crippen LogP contribution is -2.32. The van der Waals surface area contributed by atoms with E-state index in [1.165, 1.54) is 27.6 Å². The minimum atomic E-state index is -1.64. The molecule has 1 unspecified atom stereocenters. The van der Waals surface area contributed by atoms with E-state index in [4.69, 9.17) is 18.6 Å². The number of esters is 2. The molecule has 0 aromatic carbocycles. The third kappa shape index (κ3) is 1.84. The normalized spacial score (nSPS) is 19.9. The number of cyclic esters (lactones) is 1. The molecule has 1 aliphatic heterocycles. The van der Waals surface area contributed by atoms with E-state index in [2.05, 4.69) is 9.72 Å². The van der Waals surface area contributed by atoms with Crippen LogP contribution in [0.25, 0.3) is 11.1 Å². The quantitative estimate of drug-likeness (QED) is 0.781. The average molecular weight is 307 g/mol. The summed E-state index contributed by atoms with van der Waals surface area (Å²) in [5, 5.41) is 0.547. The number of hydrogen-bond donors (Lipinski definition) is 0. The van der Waals surface area contributed by atoms with Crippen LogP contribution < -0.4 is 4.74 Å². The molecule has 0 bridgehead atoms. The fourth-order valence-corrected chi connectivity index (χ4v) is 2.53. The predicted molar refractivity (Wildman–Crippen MR) is 71.3 cm³/mol. The van der Waals surface area contributed by atoms with Crippen LogP contribution in [0.4, 0.5) is 0 Å². The zero-order valence-corrected chi connectivity index (χ0v) is 12.2. The second-order valence-electron chi connectivity index (χ2n) is 4.61. The number of furan rings is 1. The van der Waals surface area contributed by atoms with Gasteiger partial charge in [-0.2, -0.15) is 0 Å². The summed E-state index contributed by atoms with van der Waals surface area (Å²) in [6.07, 6.45) is 1.11. The number of fused-ring (bicyclic) bond motifs is 2. The van der Waals surface area contributed by atoms with E-state index in [1.807, 2.05) is 0 Å². The molecule has 2 aromatic heterocycles. The maximum absolute atomic E-state index is 12.1. The molecule has 0 spiro atoms. The average Bonchev–Trinajstić information content (AvgIpc) is 3.09. The summed E-state index contributed by atoms with van der Waals surface area (Å²) < 4.78 is 25.9. The van der Waals surface area contributed by atoms with Crippen LogP contribution in [-0.4, -0.2) is 38.3 Å². The Morgan fingerprint density at radius 3 is 2.77 bits per heavy atom. The van der Waals surface area contributed by atoms with Crippen molar-refractivity contribution in [3.8, 4) is 5.75 Å². The van der Waals surface area contributed by atoms with Crippen molar-refractivity contribution < 1.29 is 33.0 Å². The molecule has 8 nitrogen and oxygen atoms in total. The van der Waals surface area contributed by atoms with Crippen LogP contribution in [0.3, 0.4) is 0 Å².